The lowest BCUT2D eigenvalue weighted by Gasteiger charge is -2.13. The third kappa shape index (κ3) is 3.21. The zero-order chi connectivity index (χ0) is 7.28. The van der Waals surface area contributed by atoms with Crippen molar-refractivity contribution in [3.8, 4) is 0 Å². The van der Waals surface area contributed by atoms with Gasteiger partial charge in [0.1, 0.15) is 6.29 Å². The molecule has 0 aromatic carbocycles. The molecule has 0 bridgehead atoms. The first-order valence-corrected chi connectivity index (χ1v) is 3.11. The van der Waals surface area contributed by atoms with Gasteiger partial charge in [-0.25, -0.2) is 0 Å². The lowest BCUT2D eigenvalue weighted by molar-refractivity contribution is -0.110. The van der Waals surface area contributed by atoms with Crippen molar-refractivity contribution in [3.63, 3.8) is 0 Å². The Morgan fingerprint density at radius 2 is 2.22 bits per heavy atom. The molecule has 0 spiro atoms. The molecule has 0 aliphatic carbocycles. The number of hydrogen-bond acceptors (Lipinski definition) is 3. The predicted octanol–water partition coefficient (Wildman–Crippen LogP) is -0.284. The van der Waals surface area contributed by atoms with Crippen molar-refractivity contribution in [2.24, 2.45) is 11.7 Å². The summed E-state index contributed by atoms with van der Waals surface area (Å²) in [7, 11) is 0. The molecule has 0 saturated heterocycles. The van der Waals surface area contributed by atoms with Crippen LogP contribution in [0.4, 0.5) is 0 Å². The maximum atomic E-state index is 10.2. The third-order valence-electron chi connectivity index (χ3n) is 1.22. The van der Waals surface area contributed by atoms with Crippen LogP contribution in [0.1, 0.15) is 13.8 Å². The summed E-state index contributed by atoms with van der Waals surface area (Å²) >= 11 is 0. The Kier molecular flexibility index (Phi) is 4.26. The van der Waals surface area contributed by atoms with E-state index >= 15 is 0 Å². The van der Waals surface area contributed by atoms with E-state index in [2.05, 4.69) is 5.32 Å². The first-order chi connectivity index (χ1) is 4.22. The Labute approximate surface area is 55.6 Å². The predicted molar refractivity (Wildman–Crippen MR) is 36.9 cm³/mol. The van der Waals surface area contributed by atoms with Crippen LogP contribution in [0.15, 0.2) is 0 Å². The Balaban J connectivity index is 3.54. The zero-order valence-corrected chi connectivity index (χ0v) is 5.92. The number of carbonyl (C=O) groups excluding carboxylic acids is 1. The fourth-order valence-corrected chi connectivity index (χ4v) is 0.577. The van der Waals surface area contributed by atoms with Gasteiger partial charge in [0.25, 0.3) is 0 Å². The minimum absolute atomic E-state index is 0.0880. The Hall–Kier alpha value is -0.410. The van der Waals surface area contributed by atoms with Gasteiger partial charge in [-0.1, -0.05) is 13.8 Å². The van der Waals surface area contributed by atoms with Crippen LogP contribution in [0.3, 0.4) is 0 Å². The van der Waals surface area contributed by atoms with E-state index in [1.54, 1.807) is 0 Å². The second-order valence-electron chi connectivity index (χ2n) is 2.31. The second kappa shape index (κ2) is 4.47. The highest BCUT2D eigenvalue weighted by atomic mass is 16.1. The molecular weight excluding hydrogens is 116 g/mol. The summed E-state index contributed by atoms with van der Waals surface area (Å²) in [5, 5.41) is 2.84. The second-order valence-corrected chi connectivity index (χ2v) is 2.31. The molecule has 1 atom stereocenters. The quantitative estimate of drug-likeness (QED) is 0.406. The summed E-state index contributed by atoms with van der Waals surface area (Å²) in [6, 6.07) is -0.0880. The first kappa shape index (κ1) is 8.59. The van der Waals surface area contributed by atoms with Crippen LogP contribution in [-0.2, 0) is 4.79 Å². The third-order valence-corrected chi connectivity index (χ3v) is 1.22. The average Bonchev–Trinajstić information content (AvgIpc) is 1.82. The molecule has 0 unspecified atom stereocenters. The molecule has 3 N–H and O–H groups in total. The normalized spacial score (nSPS) is 13.8. The minimum Gasteiger partial charge on any atom is -0.318 e. The van der Waals surface area contributed by atoms with Crippen molar-refractivity contribution >= 4 is 6.29 Å². The van der Waals surface area contributed by atoms with Crippen molar-refractivity contribution < 1.29 is 4.79 Å². The smallest absolute Gasteiger partial charge is 0.137 e. The average molecular weight is 130 g/mol. The van der Waals surface area contributed by atoms with Crippen LogP contribution < -0.4 is 11.1 Å². The van der Waals surface area contributed by atoms with Gasteiger partial charge in [0.15, 0.2) is 0 Å². The van der Waals surface area contributed by atoms with Gasteiger partial charge < -0.3 is 10.5 Å². The maximum absolute atomic E-state index is 10.2. The Bertz CT molecular complexity index is 83.1. The van der Waals surface area contributed by atoms with Crippen molar-refractivity contribution in [2.75, 3.05) is 6.67 Å². The molecule has 0 fully saturated rings. The maximum Gasteiger partial charge on any atom is 0.137 e. The molecular formula is C6H14N2O. The van der Waals surface area contributed by atoms with E-state index in [4.69, 9.17) is 5.73 Å². The van der Waals surface area contributed by atoms with Gasteiger partial charge in [0.2, 0.25) is 0 Å². The van der Waals surface area contributed by atoms with E-state index in [0.717, 1.165) is 6.29 Å². The molecule has 3 nitrogen and oxygen atoms in total. The lowest BCUT2D eigenvalue weighted by Crippen LogP contribution is -2.38. The molecule has 9 heavy (non-hydrogen) atoms. The molecule has 0 rings (SSSR count). The molecule has 0 amide bonds. The minimum atomic E-state index is -0.0880. The van der Waals surface area contributed by atoms with Gasteiger partial charge in [-0.2, -0.15) is 0 Å². The van der Waals surface area contributed by atoms with E-state index in [9.17, 15) is 4.79 Å². The van der Waals surface area contributed by atoms with Crippen molar-refractivity contribution in [1.29, 1.82) is 0 Å². The van der Waals surface area contributed by atoms with Crippen molar-refractivity contribution in [3.05, 3.63) is 0 Å². The van der Waals surface area contributed by atoms with Gasteiger partial charge in [-0.15, -0.1) is 0 Å². The van der Waals surface area contributed by atoms with E-state index < -0.39 is 0 Å². The molecule has 0 aromatic rings. The highest BCUT2D eigenvalue weighted by Crippen LogP contribution is 1.96. The molecule has 3 heteroatoms. The van der Waals surface area contributed by atoms with Gasteiger partial charge in [0.05, 0.1) is 6.04 Å². The van der Waals surface area contributed by atoms with E-state index in [1.165, 1.54) is 0 Å². The van der Waals surface area contributed by atoms with Gasteiger partial charge in [0, 0.05) is 6.67 Å². The molecule has 54 valence electrons. The van der Waals surface area contributed by atoms with Crippen LogP contribution in [0.25, 0.3) is 0 Å². The number of hydrogen-bond donors (Lipinski definition) is 2. The van der Waals surface area contributed by atoms with E-state index in [-0.39, 0.29) is 6.04 Å². The fourth-order valence-electron chi connectivity index (χ4n) is 0.577. The largest absolute Gasteiger partial charge is 0.318 e. The van der Waals surface area contributed by atoms with Gasteiger partial charge in [-0.3, -0.25) is 5.32 Å². The highest BCUT2D eigenvalue weighted by Gasteiger charge is 2.08. The molecule has 0 heterocycles. The SMILES string of the molecule is CC(C)[C@H](C=O)NCN. The van der Waals surface area contributed by atoms with Gasteiger partial charge >= 0.3 is 0 Å². The number of aldehydes is 1. The number of nitrogens with two attached hydrogens (primary N) is 1. The number of nitrogens with one attached hydrogen (secondary N) is 1. The van der Waals surface area contributed by atoms with Gasteiger partial charge in [-0.05, 0) is 5.92 Å². The van der Waals surface area contributed by atoms with Crippen molar-refractivity contribution in [2.45, 2.75) is 19.9 Å². The first-order valence-electron chi connectivity index (χ1n) is 3.11. The molecule has 0 aliphatic rings. The highest BCUT2D eigenvalue weighted by molar-refractivity contribution is 5.57. The molecule has 0 saturated carbocycles. The monoisotopic (exact) mass is 130 g/mol. The van der Waals surface area contributed by atoms with Crippen LogP contribution in [-0.4, -0.2) is 19.0 Å². The zero-order valence-electron chi connectivity index (χ0n) is 5.92. The summed E-state index contributed by atoms with van der Waals surface area (Å²) in [4.78, 5) is 10.2. The summed E-state index contributed by atoms with van der Waals surface area (Å²) < 4.78 is 0. The summed E-state index contributed by atoms with van der Waals surface area (Å²) in [5.74, 6) is 0.325. The molecule has 0 aliphatic heterocycles. The summed E-state index contributed by atoms with van der Waals surface area (Å²) in [6.45, 7) is 4.31. The topological polar surface area (TPSA) is 55.1 Å². The summed E-state index contributed by atoms with van der Waals surface area (Å²) in [6.07, 6.45) is 0.886. The summed E-state index contributed by atoms with van der Waals surface area (Å²) in [5.41, 5.74) is 5.17. The van der Waals surface area contributed by atoms with Crippen LogP contribution in [0, 0.1) is 5.92 Å². The number of rotatable bonds is 4. The lowest BCUT2D eigenvalue weighted by atomic mass is 10.1. The number of carbonyl (C=O) groups is 1. The van der Waals surface area contributed by atoms with Crippen molar-refractivity contribution in [1.82, 2.24) is 5.32 Å². The standard InChI is InChI=1S/C6H14N2O/c1-5(2)6(3-9)8-4-7/h3,5-6,8H,4,7H2,1-2H3/t6-/m0/s1. The fraction of sp³-hybridized carbons (Fsp3) is 0.833. The van der Waals surface area contributed by atoms with Crippen LogP contribution >= 0.6 is 0 Å². The Morgan fingerprint density at radius 1 is 1.67 bits per heavy atom. The molecule has 0 aromatic heterocycles. The van der Waals surface area contributed by atoms with E-state index in [1.807, 2.05) is 13.8 Å². The van der Waals surface area contributed by atoms with Crippen LogP contribution in [0.2, 0.25) is 0 Å². The molecule has 0 radical (unpaired) electrons. The van der Waals surface area contributed by atoms with Crippen LogP contribution in [0.5, 0.6) is 0 Å². The van der Waals surface area contributed by atoms with E-state index in [0.29, 0.717) is 12.6 Å². The Morgan fingerprint density at radius 3 is 2.33 bits per heavy atom.